The molecule has 1 rings (SSSR count). The quantitative estimate of drug-likeness (QED) is 0.651. The third-order valence-corrected chi connectivity index (χ3v) is 2.47. The van der Waals surface area contributed by atoms with Crippen molar-refractivity contribution < 1.29 is 9.21 Å². The van der Waals surface area contributed by atoms with E-state index in [-0.39, 0.29) is 5.78 Å². The average Bonchev–Trinajstić information content (AvgIpc) is 2.66. The Morgan fingerprint density at radius 2 is 2.15 bits per heavy atom. The van der Waals surface area contributed by atoms with Crippen LogP contribution in [0.2, 0.25) is 0 Å². The topological polar surface area (TPSA) is 30.2 Å². The van der Waals surface area contributed by atoms with E-state index >= 15 is 0 Å². The third-order valence-electron chi connectivity index (χ3n) is 2.47. The van der Waals surface area contributed by atoms with E-state index < -0.39 is 0 Å². The number of carbonyl (C=O) groups is 1. The molecule has 0 saturated heterocycles. The van der Waals surface area contributed by atoms with Crippen LogP contribution in [-0.4, -0.2) is 5.78 Å². The summed E-state index contributed by atoms with van der Waals surface area (Å²) in [5.41, 5.74) is 0.701. The summed E-state index contributed by atoms with van der Waals surface area (Å²) >= 11 is 0. The Bertz CT molecular complexity index is 245. The van der Waals surface area contributed by atoms with Crippen LogP contribution in [0.1, 0.15) is 43.5 Å². The number of rotatable bonds is 5. The van der Waals surface area contributed by atoms with Gasteiger partial charge < -0.3 is 4.42 Å². The van der Waals surface area contributed by atoms with Gasteiger partial charge in [-0.1, -0.05) is 26.7 Å². The molecule has 0 spiro atoms. The van der Waals surface area contributed by atoms with Gasteiger partial charge in [0.25, 0.3) is 0 Å². The van der Waals surface area contributed by atoms with Gasteiger partial charge in [-0.2, -0.15) is 0 Å². The fourth-order valence-corrected chi connectivity index (χ4v) is 1.38. The number of ketones is 1. The maximum absolute atomic E-state index is 11.6. The van der Waals surface area contributed by atoms with E-state index in [1.807, 2.05) is 0 Å². The fourth-order valence-electron chi connectivity index (χ4n) is 1.38. The summed E-state index contributed by atoms with van der Waals surface area (Å²) in [6.07, 6.45) is 5.84. The average molecular weight is 180 g/mol. The monoisotopic (exact) mass is 180 g/mol. The van der Waals surface area contributed by atoms with Crippen LogP contribution in [0.25, 0.3) is 0 Å². The molecule has 0 N–H and O–H groups in total. The van der Waals surface area contributed by atoms with E-state index in [0.29, 0.717) is 17.9 Å². The highest BCUT2D eigenvalue weighted by atomic mass is 16.3. The lowest BCUT2D eigenvalue weighted by atomic mass is 9.95. The van der Waals surface area contributed by atoms with Gasteiger partial charge in [-0.3, -0.25) is 4.79 Å². The first-order valence-corrected chi connectivity index (χ1v) is 4.83. The molecule has 0 aliphatic carbocycles. The van der Waals surface area contributed by atoms with E-state index in [0.717, 1.165) is 12.8 Å². The molecule has 1 heterocycles. The van der Waals surface area contributed by atoms with Crippen LogP contribution in [0.4, 0.5) is 0 Å². The molecule has 0 bridgehead atoms. The van der Waals surface area contributed by atoms with Crippen LogP contribution in [-0.2, 0) is 0 Å². The summed E-state index contributed by atoms with van der Waals surface area (Å²) in [5, 5.41) is 0. The summed E-state index contributed by atoms with van der Waals surface area (Å²) < 4.78 is 4.86. The highest BCUT2D eigenvalue weighted by Gasteiger charge is 2.12. The Labute approximate surface area is 78.9 Å². The molecule has 0 saturated carbocycles. The zero-order chi connectivity index (χ0) is 9.68. The van der Waals surface area contributed by atoms with Gasteiger partial charge in [-0.15, -0.1) is 0 Å². The van der Waals surface area contributed by atoms with Crippen molar-refractivity contribution in [2.45, 2.75) is 33.1 Å². The predicted octanol–water partition coefficient (Wildman–Crippen LogP) is 3.29. The Hall–Kier alpha value is -1.05. The third kappa shape index (κ3) is 2.72. The molecular formula is C11H16O2. The van der Waals surface area contributed by atoms with Gasteiger partial charge in [0, 0.05) is 6.42 Å². The summed E-state index contributed by atoms with van der Waals surface area (Å²) in [7, 11) is 0. The van der Waals surface area contributed by atoms with Gasteiger partial charge in [0.2, 0.25) is 0 Å². The van der Waals surface area contributed by atoms with E-state index in [9.17, 15) is 4.79 Å². The molecule has 1 aromatic rings. The molecule has 0 amide bonds. The number of Topliss-reactive ketones (excluding diaryl/α,β-unsaturated/α-hetero) is 1. The molecule has 0 radical (unpaired) electrons. The van der Waals surface area contributed by atoms with Crippen molar-refractivity contribution in [1.82, 2.24) is 0 Å². The second kappa shape index (κ2) is 4.85. The number of furan rings is 1. The van der Waals surface area contributed by atoms with Crippen molar-refractivity contribution in [3.05, 3.63) is 24.2 Å². The minimum Gasteiger partial charge on any atom is -0.472 e. The molecule has 0 aliphatic rings. The van der Waals surface area contributed by atoms with Crippen LogP contribution in [0, 0.1) is 5.92 Å². The first-order chi connectivity index (χ1) is 6.27. The van der Waals surface area contributed by atoms with E-state index in [4.69, 9.17) is 4.42 Å². The van der Waals surface area contributed by atoms with Gasteiger partial charge in [0.1, 0.15) is 6.26 Å². The molecule has 2 nitrogen and oxygen atoms in total. The molecule has 0 atom stereocenters. The predicted molar refractivity (Wildman–Crippen MR) is 51.7 cm³/mol. The van der Waals surface area contributed by atoms with Gasteiger partial charge >= 0.3 is 0 Å². The summed E-state index contributed by atoms with van der Waals surface area (Å²) in [6, 6.07) is 1.73. The molecule has 0 aromatic carbocycles. The standard InChI is InChI=1S/C11H16O2/c1-3-9(4-2)7-11(12)10-5-6-13-8-10/h5-6,8-9H,3-4,7H2,1-2H3. The normalized spacial score (nSPS) is 10.7. The molecule has 72 valence electrons. The second-order valence-corrected chi connectivity index (χ2v) is 3.32. The first kappa shape index (κ1) is 10.0. The Morgan fingerprint density at radius 3 is 2.62 bits per heavy atom. The molecule has 0 unspecified atom stereocenters. The minimum absolute atomic E-state index is 0.197. The van der Waals surface area contributed by atoms with Crippen molar-refractivity contribution >= 4 is 5.78 Å². The van der Waals surface area contributed by atoms with Gasteiger partial charge in [-0.05, 0) is 12.0 Å². The number of hydrogen-bond acceptors (Lipinski definition) is 2. The largest absolute Gasteiger partial charge is 0.472 e. The zero-order valence-corrected chi connectivity index (χ0v) is 8.25. The van der Waals surface area contributed by atoms with Gasteiger partial charge in [0.15, 0.2) is 5.78 Å². The molecule has 1 aromatic heterocycles. The van der Waals surface area contributed by atoms with Crippen LogP contribution < -0.4 is 0 Å². The lowest BCUT2D eigenvalue weighted by molar-refractivity contribution is 0.0958. The lowest BCUT2D eigenvalue weighted by Crippen LogP contribution is -2.06. The Kier molecular flexibility index (Phi) is 3.74. The zero-order valence-electron chi connectivity index (χ0n) is 8.25. The van der Waals surface area contributed by atoms with Gasteiger partial charge in [0.05, 0.1) is 11.8 Å². The fraction of sp³-hybridized carbons (Fsp3) is 0.545. The highest BCUT2D eigenvalue weighted by molar-refractivity contribution is 5.95. The van der Waals surface area contributed by atoms with Crippen LogP contribution >= 0.6 is 0 Å². The highest BCUT2D eigenvalue weighted by Crippen LogP contribution is 2.16. The number of hydrogen-bond donors (Lipinski definition) is 0. The maximum atomic E-state index is 11.6. The van der Waals surface area contributed by atoms with Crippen molar-refractivity contribution in [3.63, 3.8) is 0 Å². The van der Waals surface area contributed by atoms with Crippen molar-refractivity contribution in [1.29, 1.82) is 0 Å². The molecule has 0 aliphatic heterocycles. The van der Waals surface area contributed by atoms with Crippen molar-refractivity contribution in [2.75, 3.05) is 0 Å². The van der Waals surface area contributed by atoms with Crippen LogP contribution in [0.3, 0.4) is 0 Å². The van der Waals surface area contributed by atoms with E-state index in [2.05, 4.69) is 13.8 Å². The molecular weight excluding hydrogens is 164 g/mol. The molecule has 0 fully saturated rings. The Balaban J connectivity index is 2.50. The van der Waals surface area contributed by atoms with E-state index in [1.54, 1.807) is 12.3 Å². The summed E-state index contributed by atoms with van der Waals surface area (Å²) in [6.45, 7) is 4.24. The number of carbonyl (C=O) groups excluding carboxylic acids is 1. The Morgan fingerprint density at radius 1 is 1.46 bits per heavy atom. The van der Waals surface area contributed by atoms with E-state index in [1.165, 1.54) is 6.26 Å². The SMILES string of the molecule is CCC(CC)CC(=O)c1ccoc1. The second-order valence-electron chi connectivity index (χ2n) is 3.32. The maximum Gasteiger partial charge on any atom is 0.166 e. The lowest BCUT2D eigenvalue weighted by Gasteiger charge is -2.09. The summed E-state index contributed by atoms with van der Waals surface area (Å²) in [5.74, 6) is 0.713. The van der Waals surface area contributed by atoms with Crippen molar-refractivity contribution in [2.24, 2.45) is 5.92 Å². The first-order valence-electron chi connectivity index (χ1n) is 4.83. The van der Waals surface area contributed by atoms with Crippen molar-refractivity contribution in [3.8, 4) is 0 Å². The van der Waals surface area contributed by atoms with Crippen LogP contribution in [0.5, 0.6) is 0 Å². The molecule has 13 heavy (non-hydrogen) atoms. The minimum atomic E-state index is 0.197. The molecule has 2 heteroatoms. The van der Waals surface area contributed by atoms with Crippen LogP contribution in [0.15, 0.2) is 23.0 Å². The summed E-state index contributed by atoms with van der Waals surface area (Å²) in [4.78, 5) is 11.6. The smallest absolute Gasteiger partial charge is 0.166 e. The van der Waals surface area contributed by atoms with Gasteiger partial charge in [-0.25, -0.2) is 0 Å².